The number of carbonyl (C=O) groups is 2. The van der Waals surface area contributed by atoms with E-state index in [4.69, 9.17) is 9.47 Å². The summed E-state index contributed by atoms with van der Waals surface area (Å²) in [4.78, 5) is 31.4. The highest BCUT2D eigenvalue weighted by Gasteiger charge is 2.34. The first-order chi connectivity index (χ1) is 18.0. The number of halogens is 2. The van der Waals surface area contributed by atoms with Crippen LogP contribution in [-0.4, -0.2) is 60.6 Å². The fourth-order valence-corrected chi connectivity index (χ4v) is 5.84. The predicted molar refractivity (Wildman–Crippen MR) is 136 cm³/mol. The number of ether oxygens (including phenoxy) is 2. The molecule has 0 bridgehead atoms. The van der Waals surface area contributed by atoms with Crippen LogP contribution < -0.4 is 4.74 Å². The van der Waals surface area contributed by atoms with E-state index < -0.39 is 23.6 Å². The van der Waals surface area contributed by atoms with E-state index in [1.807, 2.05) is 11.4 Å². The van der Waals surface area contributed by atoms with Gasteiger partial charge in [-0.05, 0) is 66.6 Å². The van der Waals surface area contributed by atoms with Gasteiger partial charge < -0.3 is 19.3 Å². The van der Waals surface area contributed by atoms with Crippen LogP contribution in [0.4, 0.5) is 8.78 Å². The molecular weight excluding hydrogens is 498 g/mol. The molecule has 0 aliphatic carbocycles. The zero-order chi connectivity index (χ0) is 25.8. The molecule has 3 aromatic rings. The molecule has 0 saturated carbocycles. The Morgan fingerprint density at radius 3 is 2.78 bits per heavy atom. The van der Waals surface area contributed by atoms with Gasteiger partial charge in [-0.3, -0.25) is 9.59 Å². The Morgan fingerprint density at radius 2 is 2.00 bits per heavy atom. The van der Waals surface area contributed by atoms with Crippen LogP contribution in [0.5, 0.6) is 5.75 Å². The van der Waals surface area contributed by atoms with Crippen LogP contribution in [0.1, 0.15) is 39.7 Å². The van der Waals surface area contributed by atoms with E-state index in [0.29, 0.717) is 19.6 Å². The summed E-state index contributed by atoms with van der Waals surface area (Å²) in [5.74, 6) is -1.53. The van der Waals surface area contributed by atoms with Crippen LogP contribution in [0.3, 0.4) is 0 Å². The zero-order valence-corrected chi connectivity index (χ0v) is 21.1. The van der Waals surface area contributed by atoms with E-state index in [0.717, 1.165) is 18.4 Å². The van der Waals surface area contributed by atoms with Crippen molar-refractivity contribution in [2.75, 3.05) is 32.8 Å². The minimum atomic E-state index is -0.513. The zero-order valence-electron chi connectivity index (χ0n) is 20.3. The van der Waals surface area contributed by atoms with Crippen molar-refractivity contribution in [1.29, 1.82) is 0 Å². The van der Waals surface area contributed by atoms with Crippen molar-refractivity contribution in [3.8, 4) is 5.75 Å². The van der Waals surface area contributed by atoms with Gasteiger partial charge in [-0.15, -0.1) is 11.3 Å². The third-order valence-electron chi connectivity index (χ3n) is 6.78. The van der Waals surface area contributed by atoms with Crippen molar-refractivity contribution in [3.05, 3.63) is 87.6 Å². The second-order valence-corrected chi connectivity index (χ2v) is 10.2. The van der Waals surface area contributed by atoms with Crippen LogP contribution in [-0.2, 0) is 16.0 Å². The molecule has 2 amide bonds. The predicted octanol–water partition coefficient (Wildman–Crippen LogP) is 4.85. The lowest BCUT2D eigenvalue weighted by molar-refractivity contribution is -0.135. The van der Waals surface area contributed by atoms with E-state index >= 15 is 0 Å². The highest BCUT2D eigenvalue weighted by atomic mass is 32.1. The van der Waals surface area contributed by atoms with Gasteiger partial charge >= 0.3 is 0 Å². The lowest BCUT2D eigenvalue weighted by atomic mass is 10.00. The highest BCUT2D eigenvalue weighted by Crippen LogP contribution is 2.34. The minimum Gasteiger partial charge on any atom is -0.488 e. The number of hydrogen-bond acceptors (Lipinski definition) is 5. The maximum absolute atomic E-state index is 14.2. The Labute approximate surface area is 218 Å². The van der Waals surface area contributed by atoms with Gasteiger partial charge in [0.15, 0.2) is 11.6 Å². The normalized spacial score (nSPS) is 18.9. The third kappa shape index (κ3) is 5.83. The minimum absolute atomic E-state index is 0.0833. The van der Waals surface area contributed by atoms with Crippen molar-refractivity contribution >= 4 is 23.2 Å². The molecule has 1 saturated heterocycles. The van der Waals surface area contributed by atoms with Gasteiger partial charge in [-0.2, -0.15) is 0 Å². The topological polar surface area (TPSA) is 59.1 Å². The standard InChI is InChI=1S/C28H28F2N2O4S/c29-20-6-3-5-19(15-20)28(34)31(16-21-7-4-13-35-21)17-27(33)32-12-10-26-22(11-14-37-26)24(32)18-36-25-9-2-1-8-23(25)30/h1-3,5-6,8-9,11,14-15,21,24H,4,7,10,12-13,16-18H2/t21-,24-/m1/s1. The van der Waals surface area contributed by atoms with Crippen molar-refractivity contribution in [1.82, 2.24) is 9.80 Å². The van der Waals surface area contributed by atoms with Crippen LogP contribution >= 0.6 is 11.3 Å². The van der Waals surface area contributed by atoms with Gasteiger partial charge in [-0.1, -0.05) is 18.2 Å². The van der Waals surface area contributed by atoms with Crippen LogP contribution in [0.2, 0.25) is 0 Å². The molecule has 194 valence electrons. The summed E-state index contributed by atoms with van der Waals surface area (Å²) < 4.78 is 39.6. The maximum Gasteiger partial charge on any atom is 0.254 e. The SMILES string of the molecule is O=C(c1cccc(F)c1)N(CC(=O)N1CCc2sccc2[C@H]1COc1ccccc1F)C[C@H]1CCCO1. The monoisotopic (exact) mass is 526 g/mol. The van der Waals surface area contributed by atoms with E-state index in [1.54, 1.807) is 40.5 Å². The van der Waals surface area contributed by atoms with Gasteiger partial charge in [0.25, 0.3) is 5.91 Å². The molecule has 5 rings (SSSR count). The molecule has 9 heteroatoms. The van der Waals surface area contributed by atoms with Crippen molar-refractivity contribution in [2.45, 2.75) is 31.4 Å². The Kier molecular flexibility index (Phi) is 7.81. The van der Waals surface area contributed by atoms with Gasteiger partial charge in [0.1, 0.15) is 19.0 Å². The van der Waals surface area contributed by atoms with Gasteiger partial charge in [0.05, 0.1) is 12.1 Å². The Bertz CT molecular complexity index is 1260. The van der Waals surface area contributed by atoms with E-state index in [9.17, 15) is 18.4 Å². The number of para-hydroxylation sites is 1. The second-order valence-electron chi connectivity index (χ2n) is 9.22. The molecule has 0 unspecified atom stereocenters. The third-order valence-corrected chi connectivity index (χ3v) is 7.78. The molecular formula is C28H28F2N2O4S. The highest BCUT2D eigenvalue weighted by molar-refractivity contribution is 7.10. The van der Waals surface area contributed by atoms with Crippen molar-refractivity contribution < 1.29 is 27.8 Å². The summed E-state index contributed by atoms with van der Waals surface area (Å²) in [7, 11) is 0. The summed E-state index contributed by atoms with van der Waals surface area (Å²) >= 11 is 1.62. The summed E-state index contributed by atoms with van der Waals surface area (Å²) in [5, 5.41) is 1.98. The number of thiophene rings is 1. The van der Waals surface area contributed by atoms with Gasteiger partial charge in [-0.25, -0.2) is 8.78 Å². The molecule has 1 aromatic heterocycles. The quantitative estimate of drug-likeness (QED) is 0.421. The number of nitrogens with zero attached hydrogens (tertiary/aromatic N) is 2. The average Bonchev–Trinajstić information content (AvgIpc) is 3.59. The first-order valence-electron chi connectivity index (χ1n) is 12.4. The molecule has 0 radical (unpaired) electrons. The maximum atomic E-state index is 14.2. The summed E-state index contributed by atoms with van der Waals surface area (Å²) in [6, 6.07) is 13.2. The lowest BCUT2D eigenvalue weighted by Gasteiger charge is -2.37. The van der Waals surface area contributed by atoms with Crippen molar-refractivity contribution in [3.63, 3.8) is 0 Å². The fourth-order valence-electron chi connectivity index (χ4n) is 4.92. The number of amides is 2. The second kappa shape index (κ2) is 11.4. The van der Waals surface area contributed by atoms with E-state index in [-0.39, 0.29) is 43.0 Å². The van der Waals surface area contributed by atoms with E-state index in [2.05, 4.69) is 0 Å². The fraction of sp³-hybridized carbons (Fsp3) is 0.357. The first kappa shape index (κ1) is 25.4. The van der Waals surface area contributed by atoms with Gasteiger partial charge in [0.2, 0.25) is 5.91 Å². The number of hydrogen-bond donors (Lipinski definition) is 0. The molecule has 2 aliphatic rings. The smallest absolute Gasteiger partial charge is 0.254 e. The van der Waals surface area contributed by atoms with Crippen LogP contribution in [0.25, 0.3) is 0 Å². The largest absolute Gasteiger partial charge is 0.488 e. The first-order valence-corrected chi connectivity index (χ1v) is 13.3. The molecule has 2 atom stereocenters. The summed E-state index contributed by atoms with van der Waals surface area (Å²) in [6.45, 7) is 1.22. The molecule has 37 heavy (non-hydrogen) atoms. The van der Waals surface area contributed by atoms with Crippen LogP contribution in [0, 0.1) is 11.6 Å². The Balaban J connectivity index is 1.36. The number of fused-ring (bicyclic) bond motifs is 1. The lowest BCUT2D eigenvalue weighted by Crippen LogP contribution is -2.49. The van der Waals surface area contributed by atoms with Crippen molar-refractivity contribution in [2.24, 2.45) is 0 Å². The van der Waals surface area contributed by atoms with Crippen LogP contribution in [0.15, 0.2) is 60.0 Å². The van der Waals surface area contributed by atoms with E-state index in [1.165, 1.54) is 34.0 Å². The van der Waals surface area contributed by atoms with Gasteiger partial charge in [0, 0.05) is 30.1 Å². The number of benzene rings is 2. The summed E-state index contributed by atoms with van der Waals surface area (Å²) in [6.07, 6.45) is 2.21. The Morgan fingerprint density at radius 1 is 1.14 bits per heavy atom. The number of rotatable bonds is 8. The molecule has 1 fully saturated rings. The molecule has 0 spiro atoms. The molecule has 3 heterocycles. The summed E-state index contributed by atoms with van der Waals surface area (Å²) in [5.41, 5.74) is 1.16. The average molecular weight is 527 g/mol. The molecule has 2 aliphatic heterocycles. The molecule has 2 aromatic carbocycles. The Hall–Kier alpha value is -3.30. The number of carbonyl (C=O) groups excluding carboxylic acids is 2. The molecule has 0 N–H and O–H groups in total. The molecule has 6 nitrogen and oxygen atoms in total.